The summed E-state index contributed by atoms with van der Waals surface area (Å²) in [6.45, 7) is 27.8. The van der Waals surface area contributed by atoms with Crippen molar-refractivity contribution in [2.75, 3.05) is 0 Å². The van der Waals surface area contributed by atoms with Gasteiger partial charge in [0.2, 0.25) is 0 Å². The summed E-state index contributed by atoms with van der Waals surface area (Å²) < 4.78 is 0. The summed E-state index contributed by atoms with van der Waals surface area (Å²) in [5.74, 6) is -0.513. The van der Waals surface area contributed by atoms with Gasteiger partial charge in [0.25, 0.3) is 11.8 Å². The monoisotopic (exact) mass is 655 g/mol. The molecule has 0 aliphatic carbocycles. The first-order chi connectivity index (χ1) is 21.8. The maximum absolute atomic E-state index is 13.2. The molecule has 2 aromatic carbocycles. The SMILES string of the molecule is Cc1nc(C)c(C(=O)N/N=C/c2cc(C(C)(C)C)c(O)c(C(C)(C)C)c2)cc1C(=O)N/N=C/c1cc(C(C)(C)C)c(O)c(C(C)(C)C)c1. The van der Waals surface area contributed by atoms with Crippen LogP contribution in [0.4, 0.5) is 0 Å². The average molecular weight is 656 g/mol. The Morgan fingerprint density at radius 2 is 0.833 bits per heavy atom. The summed E-state index contributed by atoms with van der Waals surface area (Å²) in [6.07, 6.45) is 3.08. The van der Waals surface area contributed by atoms with E-state index in [1.807, 2.05) is 107 Å². The lowest BCUT2D eigenvalue weighted by Gasteiger charge is -2.27. The molecule has 0 saturated heterocycles. The summed E-state index contributed by atoms with van der Waals surface area (Å²) >= 11 is 0. The van der Waals surface area contributed by atoms with Crippen molar-refractivity contribution >= 4 is 24.2 Å². The number of phenols is 2. The molecule has 0 fully saturated rings. The van der Waals surface area contributed by atoms with E-state index in [0.717, 1.165) is 33.4 Å². The third-order valence-electron chi connectivity index (χ3n) is 8.15. The van der Waals surface area contributed by atoms with Crippen molar-refractivity contribution in [1.29, 1.82) is 0 Å². The Bertz CT molecular complexity index is 1580. The molecule has 0 aliphatic rings. The molecule has 0 radical (unpaired) electrons. The number of phenolic OH excluding ortho intramolecular Hbond substituents is 2. The van der Waals surface area contributed by atoms with Crippen LogP contribution >= 0.6 is 0 Å². The zero-order valence-electron chi connectivity index (χ0n) is 31.1. The number of carbonyl (C=O) groups excluding carboxylic acids is 2. The number of nitrogens with one attached hydrogen (secondary N) is 2. The van der Waals surface area contributed by atoms with Gasteiger partial charge in [-0.25, -0.2) is 10.9 Å². The van der Waals surface area contributed by atoms with Gasteiger partial charge >= 0.3 is 0 Å². The highest BCUT2D eigenvalue weighted by Gasteiger charge is 2.28. The van der Waals surface area contributed by atoms with Gasteiger partial charge < -0.3 is 10.2 Å². The number of hydrogen-bond donors (Lipinski definition) is 4. The molecule has 1 aromatic heterocycles. The van der Waals surface area contributed by atoms with Crippen LogP contribution in [0.25, 0.3) is 0 Å². The van der Waals surface area contributed by atoms with Crippen LogP contribution in [0.5, 0.6) is 11.5 Å². The molecular weight excluding hydrogens is 602 g/mol. The highest BCUT2D eigenvalue weighted by atomic mass is 16.3. The van der Waals surface area contributed by atoms with Crippen molar-refractivity contribution in [2.45, 2.75) is 119 Å². The molecule has 0 saturated carbocycles. The number of pyridine rings is 1. The zero-order chi connectivity index (χ0) is 36.6. The van der Waals surface area contributed by atoms with E-state index in [1.165, 1.54) is 6.07 Å². The fraction of sp³-hybridized carbons (Fsp3) is 0.462. The fourth-order valence-electron chi connectivity index (χ4n) is 5.39. The molecule has 0 spiro atoms. The van der Waals surface area contributed by atoms with Gasteiger partial charge in [-0.2, -0.15) is 10.2 Å². The van der Waals surface area contributed by atoms with Gasteiger partial charge in [-0.05, 0) is 77.0 Å². The summed E-state index contributed by atoms with van der Waals surface area (Å²) in [7, 11) is 0. The maximum atomic E-state index is 13.2. The number of amides is 2. The average Bonchev–Trinajstić information content (AvgIpc) is 2.91. The molecule has 1 heterocycles. The lowest BCUT2D eigenvalue weighted by Crippen LogP contribution is -2.24. The number of nitrogens with zero attached hydrogens (tertiary/aromatic N) is 3. The molecule has 0 aliphatic heterocycles. The molecule has 258 valence electrons. The van der Waals surface area contributed by atoms with Crippen LogP contribution in [-0.2, 0) is 21.7 Å². The molecule has 0 atom stereocenters. The standard InChI is InChI=1S/C39H53N5O4/c1-22-26(34(47)43-40-20-24-15-28(36(3,4)5)32(45)29(16-24)37(6,7)8)19-27(23(2)42-22)35(48)44-41-21-25-17-30(38(9,10)11)33(46)31(18-25)39(12,13)14/h15-21,45-46H,1-14H3,(H,43,47)(H,44,48)/b40-20+,41-21+. The summed E-state index contributed by atoms with van der Waals surface area (Å²) in [5.41, 5.74) is 9.79. The minimum atomic E-state index is -0.520. The smallest absolute Gasteiger partial charge is 0.273 e. The van der Waals surface area contributed by atoms with E-state index in [9.17, 15) is 19.8 Å². The lowest BCUT2D eigenvalue weighted by molar-refractivity contribution is 0.0954. The van der Waals surface area contributed by atoms with Crippen molar-refractivity contribution in [3.8, 4) is 11.5 Å². The van der Waals surface area contributed by atoms with Gasteiger partial charge in [0, 0.05) is 22.3 Å². The van der Waals surface area contributed by atoms with E-state index < -0.39 is 11.8 Å². The number of aromatic hydroxyl groups is 2. The first-order valence-electron chi connectivity index (χ1n) is 16.2. The Morgan fingerprint density at radius 3 is 1.08 bits per heavy atom. The first-order valence-corrected chi connectivity index (χ1v) is 16.2. The number of hydrogen-bond acceptors (Lipinski definition) is 7. The maximum Gasteiger partial charge on any atom is 0.273 e. The largest absolute Gasteiger partial charge is 0.507 e. The summed E-state index contributed by atoms with van der Waals surface area (Å²) in [5, 5.41) is 30.4. The molecule has 2 amide bonds. The second-order valence-electron chi connectivity index (χ2n) is 16.6. The van der Waals surface area contributed by atoms with Crippen molar-refractivity contribution in [2.24, 2.45) is 10.2 Å². The van der Waals surface area contributed by atoms with E-state index in [4.69, 9.17) is 0 Å². The summed E-state index contributed by atoms with van der Waals surface area (Å²) in [6, 6.07) is 8.96. The number of benzene rings is 2. The van der Waals surface area contributed by atoms with Crippen molar-refractivity contribution in [3.63, 3.8) is 0 Å². The molecule has 3 rings (SSSR count). The third kappa shape index (κ3) is 8.88. The topological polar surface area (TPSA) is 136 Å². The van der Waals surface area contributed by atoms with E-state index in [2.05, 4.69) is 26.0 Å². The van der Waals surface area contributed by atoms with Gasteiger partial charge in [-0.15, -0.1) is 0 Å². The van der Waals surface area contributed by atoms with Crippen LogP contribution in [0.1, 0.15) is 149 Å². The Hall–Kier alpha value is -4.53. The molecule has 0 unspecified atom stereocenters. The van der Waals surface area contributed by atoms with Crippen LogP contribution in [0, 0.1) is 13.8 Å². The van der Waals surface area contributed by atoms with E-state index >= 15 is 0 Å². The Balaban J connectivity index is 1.86. The van der Waals surface area contributed by atoms with Crippen molar-refractivity contribution in [3.05, 3.63) is 86.2 Å². The van der Waals surface area contributed by atoms with Gasteiger partial charge in [-0.3, -0.25) is 14.6 Å². The van der Waals surface area contributed by atoms with Crippen molar-refractivity contribution in [1.82, 2.24) is 15.8 Å². The first kappa shape index (κ1) is 37.9. The number of aryl methyl sites for hydroxylation is 2. The molecule has 9 nitrogen and oxygen atoms in total. The fourth-order valence-corrected chi connectivity index (χ4v) is 5.39. The minimum Gasteiger partial charge on any atom is -0.507 e. The Morgan fingerprint density at radius 1 is 0.562 bits per heavy atom. The minimum absolute atomic E-state index is 0.200. The molecule has 0 bridgehead atoms. The van der Waals surface area contributed by atoms with Crippen LogP contribution in [0.2, 0.25) is 0 Å². The van der Waals surface area contributed by atoms with Crippen molar-refractivity contribution < 1.29 is 19.8 Å². The predicted molar refractivity (Wildman–Crippen MR) is 195 cm³/mol. The Labute approximate surface area is 286 Å². The zero-order valence-corrected chi connectivity index (χ0v) is 31.1. The predicted octanol–water partition coefficient (Wildman–Crippen LogP) is 7.83. The van der Waals surface area contributed by atoms with Crippen LogP contribution in [-0.4, -0.2) is 39.4 Å². The third-order valence-corrected chi connectivity index (χ3v) is 8.15. The lowest BCUT2D eigenvalue weighted by atomic mass is 9.78. The number of rotatable bonds is 6. The molecule has 48 heavy (non-hydrogen) atoms. The van der Waals surface area contributed by atoms with E-state index in [1.54, 1.807) is 26.3 Å². The highest BCUT2D eigenvalue weighted by Crippen LogP contribution is 2.40. The van der Waals surface area contributed by atoms with E-state index in [0.29, 0.717) is 11.4 Å². The van der Waals surface area contributed by atoms with Gasteiger partial charge in [0.15, 0.2) is 0 Å². The second kappa shape index (κ2) is 13.5. The molecular formula is C39H53N5O4. The number of aromatic nitrogens is 1. The van der Waals surface area contributed by atoms with Crippen LogP contribution < -0.4 is 10.9 Å². The number of hydrazone groups is 2. The quantitative estimate of drug-likeness (QED) is 0.159. The normalized spacial score (nSPS) is 13.0. The molecule has 3 aromatic rings. The number of carbonyl (C=O) groups is 2. The Kier molecular flexibility index (Phi) is 10.7. The van der Waals surface area contributed by atoms with Gasteiger partial charge in [0.1, 0.15) is 11.5 Å². The van der Waals surface area contributed by atoms with Gasteiger partial charge in [0.05, 0.1) is 34.9 Å². The molecule has 4 N–H and O–H groups in total. The highest BCUT2D eigenvalue weighted by molar-refractivity contribution is 6.01. The van der Waals surface area contributed by atoms with Gasteiger partial charge in [-0.1, -0.05) is 83.1 Å². The summed E-state index contributed by atoms with van der Waals surface area (Å²) in [4.78, 5) is 30.9. The van der Waals surface area contributed by atoms with E-state index in [-0.39, 0.29) is 44.3 Å². The molecule has 9 heteroatoms. The van der Waals surface area contributed by atoms with Crippen LogP contribution in [0.15, 0.2) is 40.5 Å². The second-order valence-corrected chi connectivity index (χ2v) is 16.6. The van der Waals surface area contributed by atoms with Crippen LogP contribution in [0.3, 0.4) is 0 Å².